The Hall–Kier alpha value is -2.27. The molecule has 3 aromatic rings. The molecule has 0 saturated heterocycles. The van der Waals surface area contributed by atoms with Crippen LogP contribution in [0.2, 0.25) is 5.02 Å². The Morgan fingerprint density at radius 1 is 0.862 bits per heavy atom. The molecule has 0 aromatic heterocycles. The van der Waals surface area contributed by atoms with E-state index in [0.29, 0.717) is 42.8 Å². The van der Waals surface area contributed by atoms with Gasteiger partial charge in [-0.05, 0) is 47.9 Å². The Labute approximate surface area is 182 Å². The average molecular weight is 436 g/mol. The highest BCUT2D eigenvalue weighted by Crippen LogP contribution is 2.37. The molecular weight excluding hydrogens is 412 g/mol. The van der Waals surface area contributed by atoms with Gasteiger partial charge in [0.2, 0.25) is 0 Å². The van der Waals surface area contributed by atoms with Crippen LogP contribution in [0, 0.1) is 5.82 Å². The summed E-state index contributed by atoms with van der Waals surface area (Å²) in [4.78, 5) is 0. The van der Waals surface area contributed by atoms with E-state index < -0.39 is 0 Å². The van der Waals surface area contributed by atoms with Crippen LogP contribution in [0.3, 0.4) is 0 Å². The van der Waals surface area contributed by atoms with Crippen molar-refractivity contribution >= 4 is 24.0 Å². The van der Waals surface area contributed by atoms with Gasteiger partial charge in [0.25, 0.3) is 0 Å². The first-order valence-electron chi connectivity index (χ1n) is 9.23. The quantitative estimate of drug-likeness (QED) is 0.435. The van der Waals surface area contributed by atoms with E-state index in [9.17, 15) is 4.39 Å². The highest BCUT2D eigenvalue weighted by atomic mass is 35.5. The first kappa shape index (κ1) is 23.0. The molecule has 0 atom stereocenters. The van der Waals surface area contributed by atoms with Crippen molar-refractivity contribution in [3.63, 3.8) is 0 Å². The third kappa shape index (κ3) is 6.93. The minimum Gasteiger partial charge on any atom is -0.490 e. The monoisotopic (exact) mass is 435 g/mol. The maximum atomic E-state index is 13.0. The van der Waals surface area contributed by atoms with Crippen LogP contribution in [-0.2, 0) is 19.7 Å². The van der Waals surface area contributed by atoms with Gasteiger partial charge in [0.05, 0.1) is 11.6 Å². The lowest BCUT2D eigenvalue weighted by Gasteiger charge is -2.16. The van der Waals surface area contributed by atoms with E-state index in [1.54, 1.807) is 12.1 Å². The van der Waals surface area contributed by atoms with Crippen LogP contribution in [0.1, 0.15) is 23.6 Å². The third-order valence-corrected chi connectivity index (χ3v) is 4.45. The summed E-state index contributed by atoms with van der Waals surface area (Å²) in [5.74, 6) is 0.946. The van der Waals surface area contributed by atoms with Gasteiger partial charge in [-0.1, -0.05) is 54.1 Å². The van der Waals surface area contributed by atoms with Gasteiger partial charge in [0.15, 0.2) is 11.5 Å². The molecule has 0 radical (unpaired) electrons. The van der Waals surface area contributed by atoms with Gasteiger partial charge in [-0.25, -0.2) is 4.39 Å². The Bertz CT molecular complexity index is 889. The fourth-order valence-electron chi connectivity index (χ4n) is 2.81. The molecular formula is C23H24Cl2FNO2. The Kier molecular flexibility index (Phi) is 9.26. The topological polar surface area (TPSA) is 30.5 Å². The molecule has 1 N–H and O–H groups in total. The number of hydrogen-bond acceptors (Lipinski definition) is 3. The van der Waals surface area contributed by atoms with Gasteiger partial charge in [0, 0.05) is 13.1 Å². The van der Waals surface area contributed by atoms with Crippen molar-refractivity contribution in [3.8, 4) is 11.5 Å². The Morgan fingerprint density at radius 3 is 2.24 bits per heavy atom. The molecule has 0 spiro atoms. The zero-order valence-corrected chi connectivity index (χ0v) is 17.7. The van der Waals surface area contributed by atoms with Crippen LogP contribution in [-0.4, -0.2) is 6.61 Å². The average Bonchev–Trinajstić information content (AvgIpc) is 2.70. The zero-order valence-electron chi connectivity index (χ0n) is 16.2. The molecule has 154 valence electrons. The Balaban J connectivity index is 0.00000300. The maximum absolute atomic E-state index is 13.0. The summed E-state index contributed by atoms with van der Waals surface area (Å²) in [5, 5.41) is 3.85. The largest absolute Gasteiger partial charge is 0.490 e. The summed E-state index contributed by atoms with van der Waals surface area (Å²) >= 11 is 6.48. The van der Waals surface area contributed by atoms with Crippen molar-refractivity contribution in [1.82, 2.24) is 5.32 Å². The Morgan fingerprint density at radius 2 is 1.55 bits per heavy atom. The molecule has 3 rings (SSSR count). The van der Waals surface area contributed by atoms with Gasteiger partial charge in [-0.15, -0.1) is 12.4 Å². The molecule has 6 heteroatoms. The van der Waals surface area contributed by atoms with Crippen molar-refractivity contribution in [3.05, 3.63) is 94.3 Å². The van der Waals surface area contributed by atoms with Crippen molar-refractivity contribution in [2.24, 2.45) is 0 Å². The molecule has 0 aliphatic heterocycles. The maximum Gasteiger partial charge on any atom is 0.180 e. The molecule has 0 saturated carbocycles. The predicted molar refractivity (Wildman–Crippen MR) is 118 cm³/mol. The van der Waals surface area contributed by atoms with Crippen LogP contribution in [0.15, 0.2) is 66.7 Å². The summed E-state index contributed by atoms with van der Waals surface area (Å²) in [5.41, 5.74) is 3.06. The standard InChI is InChI=1S/C23H23ClFNO2.ClH/c1-2-27-22-13-19(15-26-14-17-8-10-20(25)11-9-17)12-21(24)23(22)28-16-18-6-4-3-5-7-18;/h3-13,26H,2,14-16H2,1H3;1H. The normalized spacial score (nSPS) is 10.3. The van der Waals surface area contributed by atoms with Crippen molar-refractivity contribution in [2.45, 2.75) is 26.6 Å². The van der Waals surface area contributed by atoms with Crippen molar-refractivity contribution in [1.29, 1.82) is 0 Å². The van der Waals surface area contributed by atoms with Crippen LogP contribution < -0.4 is 14.8 Å². The smallest absolute Gasteiger partial charge is 0.180 e. The molecule has 3 nitrogen and oxygen atoms in total. The molecule has 0 bridgehead atoms. The number of ether oxygens (including phenoxy) is 2. The van der Waals surface area contributed by atoms with Gasteiger partial charge in [0.1, 0.15) is 12.4 Å². The summed E-state index contributed by atoms with van der Waals surface area (Å²) in [7, 11) is 0. The van der Waals surface area contributed by atoms with Crippen LogP contribution in [0.5, 0.6) is 11.5 Å². The molecule has 3 aromatic carbocycles. The van der Waals surface area contributed by atoms with Crippen molar-refractivity contribution < 1.29 is 13.9 Å². The van der Waals surface area contributed by atoms with E-state index in [0.717, 1.165) is 16.7 Å². The molecule has 0 fully saturated rings. The summed E-state index contributed by atoms with van der Waals surface area (Å²) < 4.78 is 24.7. The van der Waals surface area contributed by atoms with Gasteiger partial charge >= 0.3 is 0 Å². The van der Waals surface area contributed by atoms with Gasteiger partial charge in [-0.2, -0.15) is 0 Å². The molecule has 0 aliphatic carbocycles. The number of benzene rings is 3. The van der Waals surface area contributed by atoms with Gasteiger partial charge in [-0.3, -0.25) is 0 Å². The second kappa shape index (κ2) is 11.7. The van der Waals surface area contributed by atoms with E-state index in [1.807, 2.05) is 49.4 Å². The van der Waals surface area contributed by atoms with Crippen LogP contribution in [0.4, 0.5) is 4.39 Å². The number of rotatable bonds is 9. The molecule has 0 heterocycles. The lowest BCUT2D eigenvalue weighted by Crippen LogP contribution is -2.13. The lowest BCUT2D eigenvalue weighted by molar-refractivity contribution is 0.269. The molecule has 0 aliphatic rings. The van der Waals surface area contributed by atoms with E-state index >= 15 is 0 Å². The van der Waals surface area contributed by atoms with E-state index in [2.05, 4.69) is 5.32 Å². The lowest BCUT2D eigenvalue weighted by atomic mass is 10.1. The molecule has 0 unspecified atom stereocenters. The minimum absolute atomic E-state index is 0. The second-order valence-electron chi connectivity index (χ2n) is 6.34. The first-order chi connectivity index (χ1) is 13.7. The van der Waals surface area contributed by atoms with Crippen LogP contribution in [0.25, 0.3) is 0 Å². The van der Waals surface area contributed by atoms with Gasteiger partial charge < -0.3 is 14.8 Å². The fraction of sp³-hybridized carbons (Fsp3) is 0.217. The number of halogens is 3. The summed E-state index contributed by atoms with van der Waals surface area (Å²) in [6.45, 7) is 4.10. The summed E-state index contributed by atoms with van der Waals surface area (Å²) in [6.07, 6.45) is 0. The number of hydrogen-bond donors (Lipinski definition) is 1. The minimum atomic E-state index is -0.233. The van der Waals surface area contributed by atoms with Crippen molar-refractivity contribution in [2.75, 3.05) is 6.61 Å². The van der Waals surface area contributed by atoms with E-state index in [1.165, 1.54) is 12.1 Å². The van der Waals surface area contributed by atoms with Crippen LogP contribution >= 0.6 is 24.0 Å². The highest BCUT2D eigenvalue weighted by molar-refractivity contribution is 6.32. The van der Waals surface area contributed by atoms with E-state index in [4.69, 9.17) is 21.1 Å². The fourth-order valence-corrected chi connectivity index (χ4v) is 3.10. The number of nitrogens with one attached hydrogen (secondary N) is 1. The van der Waals surface area contributed by atoms with E-state index in [-0.39, 0.29) is 18.2 Å². The second-order valence-corrected chi connectivity index (χ2v) is 6.75. The SMILES string of the molecule is CCOc1cc(CNCc2ccc(F)cc2)cc(Cl)c1OCc1ccccc1.Cl. The first-order valence-corrected chi connectivity index (χ1v) is 9.60. The molecule has 0 amide bonds. The third-order valence-electron chi connectivity index (χ3n) is 4.17. The highest BCUT2D eigenvalue weighted by Gasteiger charge is 2.13. The summed E-state index contributed by atoms with van der Waals surface area (Å²) in [6, 6.07) is 20.2. The zero-order chi connectivity index (χ0) is 19.8. The molecule has 29 heavy (non-hydrogen) atoms. The predicted octanol–water partition coefficient (Wildman–Crippen LogP) is 6.17.